The third-order valence-corrected chi connectivity index (χ3v) is 4.06. The molecule has 1 aliphatic heterocycles. The Morgan fingerprint density at radius 3 is 2.71 bits per heavy atom. The monoisotopic (exact) mass is 356 g/mol. The molecule has 1 heterocycles. The number of rotatable bonds is 2. The first-order valence-corrected chi connectivity index (χ1v) is 7.44. The first-order chi connectivity index (χ1) is 9.86. The smallest absolute Gasteiger partial charge is 0.335 e. The Labute approximate surface area is 130 Å². The van der Waals surface area contributed by atoms with Gasteiger partial charge in [0, 0.05) is 23.2 Å². The molecule has 0 spiro atoms. The minimum atomic E-state index is -1.06. The Morgan fingerprint density at radius 1 is 1.38 bits per heavy atom. The van der Waals surface area contributed by atoms with Gasteiger partial charge in [0.25, 0.3) is 0 Å². The fraction of sp³-hybridized carbons (Fsp3) is 0.429. The van der Waals surface area contributed by atoms with Crippen molar-refractivity contribution in [3.8, 4) is 0 Å². The Morgan fingerprint density at radius 2 is 2.10 bits per heavy atom. The molecule has 7 heteroatoms. The third-order valence-electron chi connectivity index (χ3n) is 3.60. The second-order valence-corrected chi connectivity index (χ2v) is 6.16. The largest absolute Gasteiger partial charge is 0.478 e. The highest BCUT2D eigenvalue weighted by atomic mass is 79.9. The fourth-order valence-electron chi connectivity index (χ4n) is 2.22. The lowest BCUT2D eigenvalue weighted by molar-refractivity contribution is 0.0464. The van der Waals surface area contributed by atoms with Crippen LogP contribution in [-0.4, -0.2) is 46.3 Å². The van der Waals surface area contributed by atoms with E-state index in [2.05, 4.69) is 21.2 Å². The fourth-order valence-corrected chi connectivity index (χ4v) is 2.71. The van der Waals surface area contributed by atoms with Crippen LogP contribution in [0, 0.1) is 5.92 Å². The van der Waals surface area contributed by atoms with Crippen LogP contribution in [0.15, 0.2) is 22.7 Å². The molecule has 6 nitrogen and oxygen atoms in total. The summed E-state index contributed by atoms with van der Waals surface area (Å²) in [6.45, 7) is 2.81. The van der Waals surface area contributed by atoms with Crippen LogP contribution in [0.5, 0.6) is 0 Å². The minimum absolute atomic E-state index is 0.0898. The molecule has 2 rings (SSSR count). The number of carboxylic acids is 1. The Bertz CT molecular complexity index is 564. The summed E-state index contributed by atoms with van der Waals surface area (Å²) in [4.78, 5) is 24.7. The molecule has 0 bridgehead atoms. The van der Waals surface area contributed by atoms with Crippen LogP contribution in [0.3, 0.4) is 0 Å². The molecular weight excluding hydrogens is 340 g/mol. The lowest BCUT2D eigenvalue weighted by Crippen LogP contribution is -2.47. The molecule has 0 radical (unpaired) electrons. The summed E-state index contributed by atoms with van der Waals surface area (Å²) >= 11 is 3.22. The Hall–Kier alpha value is -1.60. The number of carboxylic acid groups (broad SMARTS) is 1. The SMILES string of the molecule is CC1CCN(C(=O)Nc2cc(Br)cc(C(=O)O)c2)CC1O. The standard InChI is InChI=1S/C14H17BrN2O4/c1-8-2-3-17(7-12(8)18)14(21)16-11-5-9(13(19)20)4-10(15)6-11/h4-6,8,12,18H,2-3,7H2,1H3,(H,16,21)(H,19,20). The van der Waals surface area contributed by atoms with Gasteiger partial charge in [-0.05, 0) is 30.5 Å². The van der Waals surface area contributed by atoms with Crippen molar-refractivity contribution in [1.82, 2.24) is 4.90 Å². The Kier molecular flexibility index (Phi) is 4.84. The quantitative estimate of drug-likeness (QED) is 0.758. The second-order valence-electron chi connectivity index (χ2n) is 5.24. The number of halogens is 1. The van der Waals surface area contributed by atoms with Crippen molar-refractivity contribution in [3.05, 3.63) is 28.2 Å². The van der Waals surface area contributed by atoms with Crippen LogP contribution in [-0.2, 0) is 0 Å². The number of hydrogen-bond donors (Lipinski definition) is 3. The zero-order valence-electron chi connectivity index (χ0n) is 11.5. The maximum Gasteiger partial charge on any atom is 0.335 e. The topological polar surface area (TPSA) is 89.9 Å². The van der Waals surface area contributed by atoms with Crippen molar-refractivity contribution < 1.29 is 19.8 Å². The summed E-state index contributed by atoms with van der Waals surface area (Å²) in [5, 5.41) is 21.5. The Balaban J connectivity index is 2.07. The van der Waals surface area contributed by atoms with E-state index in [0.29, 0.717) is 16.7 Å². The number of nitrogens with one attached hydrogen (secondary N) is 1. The van der Waals surface area contributed by atoms with Crippen molar-refractivity contribution in [1.29, 1.82) is 0 Å². The molecule has 0 aromatic heterocycles. The molecular formula is C14H17BrN2O4. The van der Waals surface area contributed by atoms with E-state index in [9.17, 15) is 14.7 Å². The van der Waals surface area contributed by atoms with Gasteiger partial charge < -0.3 is 20.4 Å². The van der Waals surface area contributed by atoms with Gasteiger partial charge in [0.2, 0.25) is 0 Å². The first kappa shape index (κ1) is 15.8. The highest BCUT2D eigenvalue weighted by molar-refractivity contribution is 9.10. The van der Waals surface area contributed by atoms with Gasteiger partial charge in [0.05, 0.1) is 11.7 Å². The van der Waals surface area contributed by atoms with Crippen LogP contribution in [0.2, 0.25) is 0 Å². The van der Waals surface area contributed by atoms with E-state index in [-0.39, 0.29) is 24.1 Å². The number of amides is 2. The van der Waals surface area contributed by atoms with Crippen molar-refractivity contribution >= 4 is 33.6 Å². The average Bonchev–Trinajstić information content (AvgIpc) is 2.41. The lowest BCUT2D eigenvalue weighted by atomic mass is 9.96. The molecule has 114 valence electrons. The summed E-state index contributed by atoms with van der Waals surface area (Å²) in [5.74, 6) is -0.882. The summed E-state index contributed by atoms with van der Waals surface area (Å²) < 4.78 is 0.574. The van der Waals surface area contributed by atoms with Crippen LogP contribution in [0.4, 0.5) is 10.5 Å². The second kappa shape index (κ2) is 6.44. The number of nitrogens with zero attached hydrogens (tertiary/aromatic N) is 1. The molecule has 0 saturated carbocycles. The number of aromatic carboxylic acids is 1. The van der Waals surface area contributed by atoms with E-state index < -0.39 is 12.1 Å². The van der Waals surface area contributed by atoms with Gasteiger partial charge >= 0.3 is 12.0 Å². The van der Waals surface area contributed by atoms with Crippen LogP contribution < -0.4 is 5.32 Å². The normalized spacial score (nSPS) is 22.0. The van der Waals surface area contributed by atoms with Crippen molar-refractivity contribution in [2.75, 3.05) is 18.4 Å². The zero-order valence-corrected chi connectivity index (χ0v) is 13.1. The molecule has 1 aliphatic rings. The summed E-state index contributed by atoms with van der Waals surface area (Å²) in [7, 11) is 0. The molecule has 1 aromatic carbocycles. The molecule has 2 unspecified atom stereocenters. The number of piperidine rings is 1. The summed E-state index contributed by atoms with van der Waals surface area (Å²) in [6, 6.07) is 4.15. The van der Waals surface area contributed by atoms with Crippen molar-refractivity contribution in [2.45, 2.75) is 19.4 Å². The van der Waals surface area contributed by atoms with Gasteiger partial charge in [-0.3, -0.25) is 0 Å². The van der Waals surface area contributed by atoms with Gasteiger partial charge in [0.15, 0.2) is 0 Å². The summed E-state index contributed by atoms with van der Waals surface area (Å²) in [6.07, 6.45) is 0.217. The number of carbonyl (C=O) groups is 2. The average molecular weight is 357 g/mol. The van der Waals surface area contributed by atoms with Gasteiger partial charge in [-0.25, -0.2) is 9.59 Å². The van der Waals surface area contributed by atoms with E-state index in [1.165, 1.54) is 17.0 Å². The number of benzene rings is 1. The molecule has 2 atom stereocenters. The third kappa shape index (κ3) is 3.95. The number of aliphatic hydroxyl groups excluding tert-OH is 1. The van der Waals surface area contributed by atoms with Crippen LogP contribution >= 0.6 is 15.9 Å². The van der Waals surface area contributed by atoms with Gasteiger partial charge in [0.1, 0.15) is 0 Å². The molecule has 1 saturated heterocycles. The molecule has 1 aromatic rings. The van der Waals surface area contributed by atoms with Gasteiger partial charge in [-0.1, -0.05) is 22.9 Å². The van der Waals surface area contributed by atoms with E-state index in [1.807, 2.05) is 6.92 Å². The first-order valence-electron chi connectivity index (χ1n) is 6.64. The number of likely N-dealkylation sites (tertiary alicyclic amines) is 1. The molecule has 2 amide bonds. The zero-order chi connectivity index (χ0) is 15.6. The molecule has 1 fully saturated rings. The molecule has 21 heavy (non-hydrogen) atoms. The van der Waals surface area contributed by atoms with E-state index in [4.69, 9.17) is 5.11 Å². The predicted octanol–water partition coefficient (Wildman–Crippen LogP) is 2.38. The van der Waals surface area contributed by atoms with Crippen LogP contribution in [0.1, 0.15) is 23.7 Å². The van der Waals surface area contributed by atoms with Crippen LogP contribution in [0.25, 0.3) is 0 Å². The van der Waals surface area contributed by atoms with Gasteiger partial charge in [-0.2, -0.15) is 0 Å². The number of hydrogen-bond acceptors (Lipinski definition) is 3. The van der Waals surface area contributed by atoms with E-state index in [1.54, 1.807) is 6.07 Å². The van der Waals surface area contributed by atoms with Crippen molar-refractivity contribution in [2.24, 2.45) is 5.92 Å². The van der Waals surface area contributed by atoms with E-state index in [0.717, 1.165) is 6.42 Å². The molecule has 0 aliphatic carbocycles. The summed E-state index contributed by atoms with van der Waals surface area (Å²) in [5.41, 5.74) is 0.492. The molecule has 3 N–H and O–H groups in total. The predicted molar refractivity (Wildman–Crippen MR) is 81.5 cm³/mol. The number of aliphatic hydroxyl groups is 1. The van der Waals surface area contributed by atoms with Gasteiger partial charge in [-0.15, -0.1) is 0 Å². The lowest BCUT2D eigenvalue weighted by Gasteiger charge is -2.34. The number of β-amino-alcohol motifs (C(OH)–C–C–N with tert-alkyl or cyclic N) is 1. The maximum absolute atomic E-state index is 12.2. The minimum Gasteiger partial charge on any atom is -0.478 e. The number of urea groups is 1. The maximum atomic E-state index is 12.2. The van der Waals surface area contributed by atoms with E-state index >= 15 is 0 Å². The number of carbonyl (C=O) groups excluding carboxylic acids is 1. The highest BCUT2D eigenvalue weighted by Gasteiger charge is 2.27. The highest BCUT2D eigenvalue weighted by Crippen LogP contribution is 2.22. The number of anilines is 1. The van der Waals surface area contributed by atoms with Crippen molar-refractivity contribution in [3.63, 3.8) is 0 Å².